The number of nitrogens with zero attached hydrogens (tertiary/aromatic N) is 4. The maximum atomic E-state index is 4.38. The number of nitrogens with one attached hydrogen (secondary N) is 1. The fourth-order valence-electron chi connectivity index (χ4n) is 2.39. The first-order valence-corrected chi connectivity index (χ1v) is 6.21. The first-order chi connectivity index (χ1) is 8.86. The third-order valence-electron chi connectivity index (χ3n) is 3.35. The van der Waals surface area contributed by atoms with Crippen LogP contribution in [0.25, 0.3) is 0 Å². The molecule has 2 aromatic heterocycles. The van der Waals surface area contributed by atoms with E-state index in [2.05, 4.69) is 37.0 Å². The summed E-state index contributed by atoms with van der Waals surface area (Å²) >= 11 is 0. The molecule has 5 nitrogen and oxygen atoms in total. The first-order valence-electron chi connectivity index (χ1n) is 6.21. The van der Waals surface area contributed by atoms with Gasteiger partial charge in [-0.25, -0.2) is 9.97 Å². The van der Waals surface area contributed by atoms with Crippen molar-refractivity contribution in [2.75, 3.05) is 18.9 Å². The number of hydrogen-bond acceptors (Lipinski definition) is 4. The second-order valence-corrected chi connectivity index (χ2v) is 4.51. The van der Waals surface area contributed by atoms with E-state index in [-0.39, 0.29) is 0 Å². The maximum absolute atomic E-state index is 4.38. The monoisotopic (exact) mass is 243 g/mol. The van der Waals surface area contributed by atoms with Gasteiger partial charge < -0.3 is 9.88 Å². The standard InChI is InChI=1S/C13H17N5/c1-14-13-11(3-2-4-16-13)9-17-7-8-18-6-5-15-12(18)10-17/h2-6H,7-10H2,1H3,(H,14,16). The van der Waals surface area contributed by atoms with Crippen molar-refractivity contribution in [3.63, 3.8) is 0 Å². The highest BCUT2D eigenvalue weighted by Crippen LogP contribution is 2.17. The van der Waals surface area contributed by atoms with Crippen LogP contribution in [0.2, 0.25) is 0 Å². The average Bonchev–Trinajstić information content (AvgIpc) is 2.87. The molecule has 0 spiro atoms. The van der Waals surface area contributed by atoms with Crippen molar-refractivity contribution < 1.29 is 0 Å². The Bertz CT molecular complexity index is 534. The van der Waals surface area contributed by atoms with Crippen LogP contribution in [0, 0.1) is 0 Å². The molecule has 1 aliphatic heterocycles. The normalized spacial score (nSPS) is 15.4. The molecule has 1 N–H and O–H groups in total. The van der Waals surface area contributed by atoms with E-state index in [9.17, 15) is 0 Å². The minimum absolute atomic E-state index is 0.908. The number of aromatic nitrogens is 3. The summed E-state index contributed by atoms with van der Waals surface area (Å²) in [6, 6.07) is 4.11. The number of fused-ring (bicyclic) bond motifs is 1. The maximum Gasteiger partial charge on any atom is 0.130 e. The molecule has 0 amide bonds. The van der Waals surface area contributed by atoms with Crippen molar-refractivity contribution in [2.24, 2.45) is 0 Å². The van der Waals surface area contributed by atoms with E-state index < -0.39 is 0 Å². The van der Waals surface area contributed by atoms with E-state index in [1.54, 1.807) is 0 Å². The molecule has 0 saturated heterocycles. The summed E-state index contributed by atoms with van der Waals surface area (Å²) < 4.78 is 2.22. The number of rotatable bonds is 3. The van der Waals surface area contributed by atoms with E-state index in [0.29, 0.717) is 0 Å². The summed E-state index contributed by atoms with van der Waals surface area (Å²) in [7, 11) is 1.91. The zero-order valence-electron chi connectivity index (χ0n) is 10.5. The predicted molar refractivity (Wildman–Crippen MR) is 70.1 cm³/mol. The largest absolute Gasteiger partial charge is 0.373 e. The van der Waals surface area contributed by atoms with Crippen LogP contribution in [0.5, 0.6) is 0 Å². The molecule has 0 aromatic carbocycles. The lowest BCUT2D eigenvalue weighted by Gasteiger charge is -2.27. The Morgan fingerprint density at radius 2 is 2.22 bits per heavy atom. The highest BCUT2D eigenvalue weighted by atomic mass is 15.2. The van der Waals surface area contributed by atoms with Gasteiger partial charge in [0.25, 0.3) is 0 Å². The number of anilines is 1. The highest BCUT2D eigenvalue weighted by Gasteiger charge is 2.17. The molecule has 18 heavy (non-hydrogen) atoms. The summed E-state index contributed by atoms with van der Waals surface area (Å²) in [5.41, 5.74) is 1.24. The molecule has 0 aliphatic carbocycles. The molecule has 0 fully saturated rings. The van der Waals surface area contributed by atoms with Gasteiger partial charge in [0.2, 0.25) is 0 Å². The third kappa shape index (κ3) is 2.09. The molecule has 2 aromatic rings. The van der Waals surface area contributed by atoms with Gasteiger partial charge in [-0.1, -0.05) is 6.07 Å². The molecule has 0 bridgehead atoms. The molecule has 94 valence electrons. The van der Waals surface area contributed by atoms with Crippen molar-refractivity contribution in [3.05, 3.63) is 42.1 Å². The zero-order valence-corrected chi connectivity index (χ0v) is 10.5. The number of hydrogen-bond donors (Lipinski definition) is 1. The van der Waals surface area contributed by atoms with Crippen molar-refractivity contribution in [2.45, 2.75) is 19.6 Å². The van der Waals surface area contributed by atoms with Gasteiger partial charge in [0.1, 0.15) is 11.6 Å². The summed E-state index contributed by atoms with van der Waals surface area (Å²) in [4.78, 5) is 11.1. The van der Waals surface area contributed by atoms with E-state index in [0.717, 1.165) is 37.8 Å². The van der Waals surface area contributed by atoms with Crippen molar-refractivity contribution >= 4 is 5.82 Å². The second-order valence-electron chi connectivity index (χ2n) is 4.51. The number of pyridine rings is 1. The Balaban J connectivity index is 1.74. The van der Waals surface area contributed by atoms with Crippen LogP contribution in [-0.4, -0.2) is 33.0 Å². The lowest BCUT2D eigenvalue weighted by Crippen LogP contribution is -2.33. The lowest BCUT2D eigenvalue weighted by atomic mass is 10.2. The summed E-state index contributed by atoms with van der Waals surface area (Å²) in [6.07, 6.45) is 5.75. The Labute approximate surface area is 106 Å². The fourth-order valence-corrected chi connectivity index (χ4v) is 2.39. The van der Waals surface area contributed by atoms with E-state index in [1.807, 2.05) is 25.5 Å². The van der Waals surface area contributed by atoms with Gasteiger partial charge in [-0.2, -0.15) is 0 Å². The first kappa shape index (κ1) is 11.2. The number of imidazole rings is 1. The average molecular weight is 243 g/mol. The van der Waals surface area contributed by atoms with Gasteiger partial charge in [0, 0.05) is 50.8 Å². The molecule has 5 heteroatoms. The molecule has 0 unspecified atom stereocenters. The van der Waals surface area contributed by atoms with Crippen LogP contribution in [0.3, 0.4) is 0 Å². The van der Waals surface area contributed by atoms with Gasteiger partial charge in [0.15, 0.2) is 0 Å². The zero-order chi connectivity index (χ0) is 12.4. The van der Waals surface area contributed by atoms with E-state index in [4.69, 9.17) is 0 Å². The Kier molecular flexibility index (Phi) is 2.98. The predicted octanol–water partition coefficient (Wildman–Crippen LogP) is 1.34. The summed E-state index contributed by atoms with van der Waals surface area (Å²) in [6.45, 7) is 3.90. The Hall–Kier alpha value is -1.88. The quantitative estimate of drug-likeness (QED) is 0.883. The Morgan fingerprint density at radius 3 is 3.11 bits per heavy atom. The molecule has 3 heterocycles. The minimum atomic E-state index is 0.908. The van der Waals surface area contributed by atoms with Gasteiger partial charge >= 0.3 is 0 Å². The lowest BCUT2D eigenvalue weighted by molar-refractivity contribution is 0.209. The van der Waals surface area contributed by atoms with Crippen LogP contribution in [-0.2, 0) is 19.6 Å². The van der Waals surface area contributed by atoms with Gasteiger partial charge in [0.05, 0.1) is 6.54 Å². The molecule has 0 saturated carbocycles. The van der Waals surface area contributed by atoms with Crippen LogP contribution in [0.1, 0.15) is 11.4 Å². The van der Waals surface area contributed by atoms with Crippen molar-refractivity contribution in [3.8, 4) is 0 Å². The van der Waals surface area contributed by atoms with Crippen LogP contribution in [0.15, 0.2) is 30.7 Å². The van der Waals surface area contributed by atoms with Crippen LogP contribution in [0.4, 0.5) is 5.82 Å². The molecular weight excluding hydrogens is 226 g/mol. The SMILES string of the molecule is CNc1ncccc1CN1CCn2ccnc2C1. The van der Waals surface area contributed by atoms with Crippen LogP contribution < -0.4 is 5.32 Å². The fraction of sp³-hybridized carbons (Fsp3) is 0.385. The Morgan fingerprint density at radius 1 is 1.28 bits per heavy atom. The molecule has 0 atom stereocenters. The minimum Gasteiger partial charge on any atom is -0.373 e. The topological polar surface area (TPSA) is 46.0 Å². The van der Waals surface area contributed by atoms with Crippen molar-refractivity contribution in [1.82, 2.24) is 19.4 Å². The summed E-state index contributed by atoms with van der Waals surface area (Å²) in [5, 5.41) is 3.14. The molecule has 0 radical (unpaired) electrons. The summed E-state index contributed by atoms with van der Waals surface area (Å²) in [5.74, 6) is 2.11. The van der Waals surface area contributed by atoms with E-state index in [1.165, 1.54) is 5.56 Å². The van der Waals surface area contributed by atoms with Crippen molar-refractivity contribution in [1.29, 1.82) is 0 Å². The molecule has 1 aliphatic rings. The highest BCUT2D eigenvalue weighted by molar-refractivity contribution is 5.42. The second kappa shape index (κ2) is 4.78. The van der Waals surface area contributed by atoms with Gasteiger partial charge in [-0.3, -0.25) is 4.90 Å². The third-order valence-corrected chi connectivity index (χ3v) is 3.35. The molecular formula is C13H17N5. The molecule has 3 rings (SSSR count). The van der Waals surface area contributed by atoms with Crippen LogP contribution >= 0.6 is 0 Å². The smallest absolute Gasteiger partial charge is 0.130 e. The van der Waals surface area contributed by atoms with Gasteiger partial charge in [-0.15, -0.1) is 0 Å². The van der Waals surface area contributed by atoms with Gasteiger partial charge in [-0.05, 0) is 6.07 Å². The van der Waals surface area contributed by atoms with E-state index >= 15 is 0 Å².